The molecule has 0 aromatic heterocycles. The minimum atomic E-state index is 0.741. The average molecular weight is 225 g/mol. The number of piperidine rings is 1. The summed E-state index contributed by atoms with van der Waals surface area (Å²) in [6.07, 6.45) is 2.77. The van der Waals surface area contributed by atoms with E-state index in [2.05, 4.69) is 36.0 Å². The Bertz CT molecular complexity index is 217. The molecule has 2 aliphatic heterocycles. The maximum atomic E-state index is 3.54. The van der Waals surface area contributed by atoms with Crippen molar-refractivity contribution in [3.8, 4) is 0 Å². The molecule has 94 valence electrons. The molecule has 0 aromatic rings. The van der Waals surface area contributed by atoms with E-state index in [0.717, 1.165) is 18.0 Å². The van der Waals surface area contributed by atoms with Gasteiger partial charge in [0.25, 0.3) is 0 Å². The maximum Gasteiger partial charge on any atom is 0.0247 e. The molecule has 2 aliphatic rings. The highest BCUT2D eigenvalue weighted by atomic mass is 15.3. The van der Waals surface area contributed by atoms with Gasteiger partial charge < -0.3 is 10.2 Å². The largest absolute Gasteiger partial charge is 0.314 e. The normalized spacial score (nSPS) is 34.5. The monoisotopic (exact) mass is 225 g/mol. The van der Waals surface area contributed by atoms with E-state index in [9.17, 15) is 0 Å². The average Bonchev–Trinajstić information content (AvgIpc) is 2.29. The van der Waals surface area contributed by atoms with E-state index in [1.165, 1.54) is 45.6 Å². The molecule has 0 spiro atoms. The van der Waals surface area contributed by atoms with E-state index in [1.807, 2.05) is 0 Å². The third kappa shape index (κ3) is 2.76. The smallest absolute Gasteiger partial charge is 0.0247 e. The predicted octanol–water partition coefficient (Wildman–Crippen LogP) is 1.01. The van der Waals surface area contributed by atoms with Gasteiger partial charge in [0.1, 0.15) is 0 Å². The number of hydrogen-bond acceptors (Lipinski definition) is 3. The van der Waals surface area contributed by atoms with Gasteiger partial charge in [-0.05, 0) is 32.4 Å². The van der Waals surface area contributed by atoms with Crippen molar-refractivity contribution in [1.29, 1.82) is 0 Å². The fraction of sp³-hybridized carbons (Fsp3) is 1.00. The zero-order valence-corrected chi connectivity index (χ0v) is 11.1. The van der Waals surface area contributed by atoms with Crippen LogP contribution < -0.4 is 5.32 Å². The lowest BCUT2D eigenvalue weighted by Crippen LogP contribution is -2.60. The Hall–Kier alpha value is -0.120. The van der Waals surface area contributed by atoms with Gasteiger partial charge in [0.15, 0.2) is 0 Å². The van der Waals surface area contributed by atoms with Crippen molar-refractivity contribution < 1.29 is 0 Å². The lowest BCUT2D eigenvalue weighted by atomic mass is 9.95. The third-order valence-corrected chi connectivity index (χ3v) is 4.16. The van der Waals surface area contributed by atoms with Gasteiger partial charge >= 0.3 is 0 Å². The lowest BCUT2D eigenvalue weighted by Gasteiger charge is -2.46. The predicted molar refractivity (Wildman–Crippen MR) is 68.7 cm³/mol. The molecule has 3 nitrogen and oxygen atoms in total. The van der Waals surface area contributed by atoms with Crippen molar-refractivity contribution >= 4 is 0 Å². The second-order valence-corrected chi connectivity index (χ2v) is 5.81. The Morgan fingerprint density at radius 2 is 2.06 bits per heavy atom. The van der Waals surface area contributed by atoms with Gasteiger partial charge in [-0.1, -0.05) is 13.8 Å². The van der Waals surface area contributed by atoms with E-state index in [-0.39, 0.29) is 0 Å². The molecular weight excluding hydrogens is 198 g/mol. The molecule has 0 saturated carbocycles. The molecule has 0 aliphatic carbocycles. The van der Waals surface area contributed by atoms with Crippen molar-refractivity contribution in [3.63, 3.8) is 0 Å². The number of piperazine rings is 1. The summed E-state index contributed by atoms with van der Waals surface area (Å²) in [6.45, 7) is 10.9. The van der Waals surface area contributed by atoms with Crippen LogP contribution in [0.25, 0.3) is 0 Å². The molecule has 0 radical (unpaired) electrons. The van der Waals surface area contributed by atoms with E-state index in [1.54, 1.807) is 0 Å². The van der Waals surface area contributed by atoms with Crippen molar-refractivity contribution in [2.24, 2.45) is 5.92 Å². The molecule has 0 amide bonds. The standard InChI is InChI=1S/C13H27N3/c1-11(2)13-9-14-6-8-16(13)12-5-4-7-15(3)10-12/h11-14H,4-10H2,1-3H3. The fourth-order valence-electron chi connectivity index (χ4n) is 3.22. The molecule has 3 heteroatoms. The van der Waals surface area contributed by atoms with Crippen LogP contribution >= 0.6 is 0 Å². The van der Waals surface area contributed by atoms with Crippen LogP contribution in [0.5, 0.6) is 0 Å². The minimum Gasteiger partial charge on any atom is -0.314 e. The molecule has 2 unspecified atom stereocenters. The van der Waals surface area contributed by atoms with Crippen LogP contribution in [0.1, 0.15) is 26.7 Å². The van der Waals surface area contributed by atoms with Crippen LogP contribution in [0.2, 0.25) is 0 Å². The number of nitrogens with one attached hydrogen (secondary N) is 1. The molecule has 0 bridgehead atoms. The van der Waals surface area contributed by atoms with Crippen LogP contribution in [0.15, 0.2) is 0 Å². The molecule has 2 rings (SSSR count). The highest BCUT2D eigenvalue weighted by molar-refractivity contribution is 4.89. The van der Waals surface area contributed by atoms with Gasteiger partial charge in [-0.15, -0.1) is 0 Å². The van der Waals surface area contributed by atoms with Crippen molar-refractivity contribution in [2.75, 3.05) is 39.8 Å². The molecule has 1 N–H and O–H groups in total. The van der Waals surface area contributed by atoms with Crippen LogP contribution in [0, 0.1) is 5.92 Å². The number of hydrogen-bond donors (Lipinski definition) is 1. The summed E-state index contributed by atoms with van der Waals surface area (Å²) in [6, 6.07) is 1.54. The Kier molecular flexibility index (Phi) is 4.22. The summed E-state index contributed by atoms with van der Waals surface area (Å²) in [5, 5.41) is 3.54. The highest BCUT2D eigenvalue weighted by Crippen LogP contribution is 2.21. The number of likely N-dealkylation sites (N-methyl/N-ethyl adjacent to an activating group) is 1. The molecule has 2 fully saturated rings. The molecular formula is C13H27N3. The van der Waals surface area contributed by atoms with Crippen LogP contribution in [-0.2, 0) is 0 Å². The highest BCUT2D eigenvalue weighted by Gasteiger charge is 2.32. The Morgan fingerprint density at radius 3 is 2.75 bits per heavy atom. The van der Waals surface area contributed by atoms with E-state index in [4.69, 9.17) is 0 Å². The molecule has 16 heavy (non-hydrogen) atoms. The summed E-state index contributed by atoms with van der Waals surface area (Å²) >= 11 is 0. The molecule has 0 aromatic carbocycles. The van der Waals surface area contributed by atoms with Gasteiger partial charge in [0, 0.05) is 38.3 Å². The Labute approximate surface area is 100 Å². The molecule has 2 atom stereocenters. The number of rotatable bonds is 2. The first-order valence-corrected chi connectivity index (χ1v) is 6.83. The number of nitrogens with zero attached hydrogens (tertiary/aromatic N) is 2. The topological polar surface area (TPSA) is 18.5 Å². The summed E-state index contributed by atoms with van der Waals surface area (Å²) in [5.74, 6) is 0.764. The summed E-state index contributed by atoms with van der Waals surface area (Å²) in [5.41, 5.74) is 0. The van der Waals surface area contributed by atoms with E-state index >= 15 is 0 Å². The first kappa shape index (κ1) is 12.3. The van der Waals surface area contributed by atoms with Crippen LogP contribution in [-0.4, -0.2) is 61.7 Å². The third-order valence-electron chi connectivity index (χ3n) is 4.16. The summed E-state index contributed by atoms with van der Waals surface area (Å²) in [7, 11) is 2.26. The number of likely N-dealkylation sites (tertiary alicyclic amines) is 1. The van der Waals surface area contributed by atoms with Gasteiger partial charge in [0.05, 0.1) is 0 Å². The summed E-state index contributed by atoms with van der Waals surface area (Å²) < 4.78 is 0. The van der Waals surface area contributed by atoms with Gasteiger partial charge in [0.2, 0.25) is 0 Å². The minimum absolute atomic E-state index is 0.741. The quantitative estimate of drug-likeness (QED) is 0.757. The van der Waals surface area contributed by atoms with Crippen molar-refractivity contribution in [1.82, 2.24) is 15.1 Å². The lowest BCUT2D eigenvalue weighted by molar-refractivity contribution is 0.0389. The van der Waals surface area contributed by atoms with Crippen molar-refractivity contribution in [2.45, 2.75) is 38.8 Å². The second-order valence-electron chi connectivity index (χ2n) is 5.81. The van der Waals surface area contributed by atoms with Crippen LogP contribution in [0.3, 0.4) is 0 Å². The first-order valence-electron chi connectivity index (χ1n) is 6.83. The summed E-state index contributed by atoms with van der Waals surface area (Å²) in [4.78, 5) is 5.27. The second kappa shape index (κ2) is 5.48. The first-order chi connectivity index (χ1) is 7.68. The fourth-order valence-corrected chi connectivity index (χ4v) is 3.22. The molecule has 2 heterocycles. The SMILES string of the molecule is CC(C)C1CNCCN1C1CCCN(C)C1. The van der Waals surface area contributed by atoms with Gasteiger partial charge in [-0.3, -0.25) is 4.90 Å². The zero-order chi connectivity index (χ0) is 11.5. The van der Waals surface area contributed by atoms with E-state index in [0.29, 0.717) is 0 Å². The molecule has 2 saturated heterocycles. The van der Waals surface area contributed by atoms with E-state index < -0.39 is 0 Å². The zero-order valence-electron chi connectivity index (χ0n) is 11.1. The van der Waals surface area contributed by atoms with Crippen molar-refractivity contribution in [3.05, 3.63) is 0 Å². The van der Waals surface area contributed by atoms with Gasteiger partial charge in [-0.2, -0.15) is 0 Å². The Morgan fingerprint density at radius 1 is 1.25 bits per heavy atom. The Balaban J connectivity index is 1.98. The van der Waals surface area contributed by atoms with Gasteiger partial charge in [-0.25, -0.2) is 0 Å². The van der Waals surface area contributed by atoms with Crippen LogP contribution in [0.4, 0.5) is 0 Å². The maximum absolute atomic E-state index is 3.54.